The highest BCUT2D eigenvalue weighted by Crippen LogP contribution is 2.37. The molecule has 0 bridgehead atoms. The lowest BCUT2D eigenvalue weighted by Gasteiger charge is -2.29. The first kappa shape index (κ1) is 22.0. The van der Waals surface area contributed by atoms with Gasteiger partial charge in [0.05, 0.1) is 24.7 Å². The Morgan fingerprint density at radius 1 is 1.39 bits per heavy atom. The van der Waals surface area contributed by atoms with Crippen LogP contribution in [0.2, 0.25) is 0 Å². The van der Waals surface area contributed by atoms with Crippen molar-refractivity contribution in [3.05, 3.63) is 47.6 Å². The second-order valence-corrected chi connectivity index (χ2v) is 6.94. The number of carbonyl (C=O) groups excluding carboxylic acids is 2. The van der Waals surface area contributed by atoms with E-state index in [9.17, 15) is 20.0 Å². The van der Waals surface area contributed by atoms with Gasteiger partial charge in [0.1, 0.15) is 18.3 Å². The molecule has 4 atom stereocenters. The predicted molar refractivity (Wildman–Crippen MR) is 98.9 cm³/mol. The van der Waals surface area contributed by atoms with Crippen LogP contribution in [0, 0.1) is 5.92 Å². The molecule has 154 valence electrons. The molecule has 1 aliphatic carbocycles. The summed E-state index contributed by atoms with van der Waals surface area (Å²) in [5.41, 5.74) is 1.45. The highest BCUT2D eigenvalue weighted by atomic mass is 17.1. The summed E-state index contributed by atoms with van der Waals surface area (Å²) in [6, 6.07) is 0. The molecule has 8 nitrogen and oxygen atoms in total. The number of hydrogen-bond acceptors (Lipinski definition) is 8. The maximum atomic E-state index is 12.4. The van der Waals surface area contributed by atoms with Gasteiger partial charge >= 0.3 is 11.9 Å². The van der Waals surface area contributed by atoms with Crippen molar-refractivity contribution < 1.29 is 39.4 Å². The van der Waals surface area contributed by atoms with Crippen LogP contribution in [0.4, 0.5) is 0 Å². The number of aliphatic hydroxyl groups is 2. The maximum Gasteiger partial charge on any atom is 0.336 e. The Morgan fingerprint density at radius 2 is 2.11 bits per heavy atom. The summed E-state index contributed by atoms with van der Waals surface area (Å²) >= 11 is 0. The Bertz CT molecular complexity index is 705. The summed E-state index contributed by atoms with van der Waals surface area (Å²) in [6.07, 6.45) is 1.85. The first-order valence-corrected chi connectivity index (χ1v) is 8.99. The number of esters is 2. The zero-order valence-corrected chi connectivity index (χ0v) is 15.8. The van der Waals surface area contributed by atoms with E-state index in [-0.39, 0.29) is 17.6 Å². The minimum atomic E-state index is -0.891. The SMILES string of the molecule is C=C1C(=O)O[C@@H]2/C=C(/C)CC[C@@H](OO)C(=C)C[C@@H](OC(=O)/C(=C/CO)CO)[C@@H]12. The van der Waals surface area contributed by atoms with Crippen molar-refractivity contribution in [1.29, 1.82) is 0 Å². The van der Waals surface area contributed by atoms with Crippen LogP contribution in [-0.4, -0.2) is 58.9 Å². The summed E-state index contributed by atoms with van der Waals surface area (Å²) in [4.78, 5) is 29.1. The molecule has 0 unspecified atom stereocenters. The van der Waals surface area contributed by atoms with Gasteiger partial charge in [0.15, 0.2) is 0 Å². The Hall–Kier alpha value is -2.26. The second kappa shape index (κ2) is 9.79. The van der Waals surface area contributed by atoms with Gasteiger partial charge in [0.25, 0.3) is 0 Å². The number of hydrogen-bond donors (Lipinski definition) is 3. The van der Waals surface area contributed by atoms with Crippen molar-refractivity contribution in [2.45, 2.75) is 44.5 Å². The van der Waals surface area contributed by atoms with Gasteiger partial charge in [-0.05, 0) is 37.5 Å². The number of fused-ring (bicyclic) bond motifs is 1. The molecule has 0 aromatic carbocycles. The number of rotatable bonds is 5. The largest absolute Gasteiger partial charge is 0.458 e. The third kappa shape index (κ3) is 4.96. The molecule has 8 heteroatoms. The van der Waals surface area contributed by atoms with Crippen LogP contribution >= 0.6 is 0 Å². The molecule has 2 aliphatic rings. The lowest BCUT2D eigenvalue weighted by atomic mass is 9.84. The Morgan fingerprint density at radius 3 is 2.71 bits per heavy atom. The van der Waals surface area contributed by atoms with Crippen LogP contribution in [0.1, 0.15) is 26.2 Å². The molecule has 2 rings (SSSR count). The molecule has 0 aromatic heterocycles. The number of aliphatic hydroxyl groups excluding tert-OH is 2. The van der Waals surface area contributed by atoms with Gasteiger partial charge in [-0.2, -0.15) is 0 Å². The lowest BCUT2D eigenvalue weighted by molar-refractivity contribution is -0.270. The zero-order chi connectivity index (χ0) is 20.8. The topological polar surface area (TPSA) is 123 Å². The van der Waals surface area contributed by atoms with E-state index in [0.29, 0.717) is 18.4 Å². The number of ether oxygens (including phenoxy) is 2. The summed E-state index contributed by atoms with van der Waals surface area (Å²) < 4.78 is 11.0. The molecule has 3 N–H and O–H groups in total. The van der Waals surface area contributed by atoms with Crippen LogP contribution in [0.25, 0.3) is 0 Å². The number of carbonyl (C=O) groups is 2. The molecule has 0 amide bonds. The van der Waals surface area contributed by atoms with Crippen molar-refractivity contribution >= 4 is 11.9 Å². The first-order chi connectivity index (χ1) is 13.3. The number of allylic oxidation sites excluding steroid dienone is 1. The maximum absolute atomic E-state index is 12.4. The zero-order valence-electron chi connectivity index (χ0n) is 15.8. The van der Waals surface area contributed by atoms with Gasteiger partial charge in [0, 0.05) is 12.0 Å². The van der Waals surface area contributed by atoms with Gasteiger partial charge in [-0.1, -0.05) is 18.7 Å². The second-order valence-electron chi connectivity index (χ2n) is 6.94. The first-order valence-electron chi connectivity index (χ1n) is 8.99. The third-order valence-electron chi connectivity index (χ3n) is 4.99. The standard InChI is InChI=1S/C20H26O8/c1-11-4-5-15(28-25)12(2)9-17(27-20(24)14(10-22)6-7-21)18-13(3)19(23)26-16(18)8-11/h6,8,15-18,21-22,25H,2-5,7,9-10H2,1H3/b11-8-,14-6+/t15-,16-,17-,18+/m1/s1. The molecule has 0 spiro atoms. The fourth-order valence-electron chi connectivity index (χ4n) is 3.40. The lowest BCUT2D eigenvalue weighted by Crippen LogP contribution is -2.35. The van der Waals surface area contributed by atoms with E-state index in [1.165, 1.54) is 0 Å². The van der Waals surface area contributed by atoms with E-state index in [4.69, 9.17) is 14.6 Å². The molecule has 1 heterocycles. The molecule has 0 radical (unpaired) electrons. The summed E-state index contributed by atoms with van der Waals surface area (Å²) in [5.74, 6) is -2.07. The highest BCUT2D eigenvalue weighted by molar-refractivity contribution is 5.92. The van der Waals surface area contributed by atoms with Crippen molar-refractivity contribution in [2.24, 2.45) is 5.92 Å². The highest BCUT2D eigenvalue weighted by Gasteiger charge is 2.45. The predicted octanol–water partition coefficient (Wildman–Crippen LogP) is 1.45. The minimum absolute atomic E-state index is 0.0957. The van der Waals surface area contributed by atoms with Crippen LogP contribution < -0.4 is 0 Å². The van der Waals surface area contributed by atoms with Crippen molar-refractivity contribution in [2.75, 3.05) is 13.2 Å². The van der Waals surface area contributed by atoms with E-state index in [0.717, 1.165) is 11.6 Å². The van der Waals surface area contributed by atoms with E-state index < -0.39 is 49.4 Å². The molecule has 1 fully saturated rings. The van der Waals surface area contributed by atoms with Gasteiger partial charge in [-0.15, -0.1) is 0 Å². The summed E-state index contributed by atoms with van der Waals surface area (Å²) in [5, 5.41) is 27.5. The van der Waals surface area contributed by atoms with E-state index >= 15 is 0 Å². The molecular formula is C20H26O8. The van der Waals surface area contributed by atoms with Crippen LogP contribution in [-0.2, 0) is 24.0 Å². The van der Waals surface area contributed by atoms with Gasteiger partial charge < -0.3 is 19.7 Å². The summed E-state index contributed by atoms with van der Waals surface area (Å²) in [6.45, 7) is 8.52. The fourth-order valence-corrected chi connectivity index (χ4v) is 3.40. The van der Waals surface area contributed by atoms with Crippen LogP contribution in [0.15, 0.2) is 47.6 Å². The fraction of sp³-hybridized carbons (Fsp3) is 0.500. The quantitative estimate of drug-likeness (QED) is 0.211. The van der Waals surface area contributed by atoms with Crippen molar-refractivity contribution in [1.82, 2.24) is 0 Å². The Balaban J connectivity index is 2.41. The Kier molecular flexibility index (Phi) is 7.70. The third-order valence-corrected chi connectivity index (χ3v) is 4.99. The molecule has 28 heavy (non-hydrogen) atoms. The van der Waals surface area contributed by atoms with E-state index in [1.807, 2.05) is 6.92 Å². The Labute approximate surface area is 163 Å². The van der Waals surface area contributed by atoms with Crippen molar-refractivity contribution in [3.63, 3.8) is 0 Å². The van der Waals surface area contributed by atoms with Gasteiger partial charge in [-0.3, -0.25) is 5.26 Å². The molecule has 0 saturated carbocycles. The average molecular weight is 394 g/mol. The monoisotopic (exact) mass is 394 g/mol. The molecule has 1 aliphatic heterocycles. The minimum Gasteiger partial charge on any atom is -0.458 e. The van der Waals surface area contributed by atoms with Crippen LogP contribution in [0.5, 0.6) is 0 Å². The van der Waals surface area contributed by atoms with E-state index in [2.05, 4.69) is 18.0 Å². The van der Waals surface area contributed by atoms with Crippen molar-refractivity contribution in [3.8, 4) is 0 Å². The van der Waals surface area contributed by atoms with Gasteiger partial charge in [0.2, 0.25) is 0 Å². The molecule has 1 saturated heterocycles. The van der Waals surface area contributed by atoms with Crippen LogP contribution in [0.3, 0.4) is 0 Å². The van der Waals surface area contributed by atoms with E-state index in [1.54, 1.807) is 6.08 Å². The molecular weight excluding hydrogens is 368 g/mol. The normalized spacial score (nSPS) is 30.9. The summed E-state index contributed by atoms with van der Waals surface area (Å²) in [7, 11) is 0. The molecule has 0 aromatic rings. The smallest absolute Gasteiger partial charge is 0.336 e. The van der Waals surface area contributed by atoms with Gasteiger partial charge in [-0.25, -0.2) is 14.5 Å². The average Bonchev–Trinajstić information content (AvgIpc) is 2.92.